The number of carboxylic acid groups (broad SMARTS) is 1. The molecule has 0 bridgehead atoms. The molecule has 2 unspecified atom stereocenters. The minimum atomic E-state index is -0.746. The van der Waals surface area contributed by atoms with Gasteiger partial charge < -0.3 is 20.5 Å². The molecule has 5 rings (SSSR count). The van der Waals surface area contributed by atoms with Crippen molar-refractivity contribution in [2.75, 3.05) is 19.7 Å². The third-order valence-corrected chi connectivity index (χ3v) is 7.79. The summed E-state index contributed by atoms with van der Waals surface area (Å²) in [4.78, 5) is 35.7. The molecule has 2 saturated carbocycles. The zero-order valence-electron chi connectivity index (χ0n) is 19.7. The summed E-state index contributed by atoms with van der Waals surface area (Å²) in [6, 6.07) is 16.5. The average molecular weight is 477 g/mol. The van der Waals surface area contributed by atoms with E-state index >= 15 is 0 Å². The predicted molar refractivity (Wildman–Crippen MR) is 131 cm³/mol. The largest absolute Gasteiger partial charge is 0.481 e. The van der Waals surface area contributed by atoms with Crippen LogP contribution < -0.4 is 10.6 Å². The SMILES string of the molecule is O=C(O)CC1CCC(CNC(=O)[C@H]2C[C@H]2CNC(=O)OCC2c3ccccc3-c3ccccc32)C1. The van der Waals surface area contributed by atoms with Gasteiger partial charge in [-0.15, -0.1) is 0 Å². The van der Waals surface area contributed by atoms with E-state index in [9.17, 15) is 14.4 Å². The van der Waals surface area contributed by atoms with Crippen LogP contribution in [-0.4, -0.2) is 42.8 Å². The van der Waals surface area contributed by atoms with Crippen molar-refractivity contribution in [3.63, 3.8) is 0 Å². The highest BCUT2D eigenvalue weighted by Crippen LogP contribution is 2.44. The van der Waals surface area contributed by atoms with Gasteiger partial charge in [0.05, 0.1) is 0 Å². The van der Waals surface area contributed by atoms with E-state index in [1.807, 2.05) is 24.3 Å². The Morgan fingerprint density at radius 2 is 1.51 bits per heavy atom. The molecule has 0 saturated heterocycles. The molecule has 3 aliphatic carbocycles. The summed E-state index contributed by atoms with van der Waals surface area (Å²) in [6.45, 7) is 1.32. The molecule has 2 fully saturated rings. The molecular weight excluding hydrogens is 444 g/mol. The summed E-state index contributed by atoms with van der Waals surface area (Å²) in [5, 5.41) is 14.8. The molecule has 0 aliphatic heterocycles. The number of rotatable bonds is 9. The number of hydrogen-bond acceptors (Lipinski definition) is 4. The molecule has 0 heterocycles. The lowest BCUT2D eigenvalue weighted by atomic mass is 9.98. The summed E-state index contributed by atoms with van der Waals surface area (Å²) in [6.07, 6.45) is 3.29. The van der Waals surface area contributed by atoms with Crippen LogP contribution in [0.2, 0.25) is 0 Å². The molecule has 184 valence electrons. The van der Waals surface area contributed by atoms with Gasteiger partial charge in [-0.2, -0.15) is 0 Å². The lowest BCUT2D eigenvalue weighted by molar-refractivity contribution is -0.138. The first-order chi connectivity index (χ1) is 17.0. The Bertz CT molecular complexity index is 1070. The van der Waals surface area contributed by atoms with Crippen LogP contribution in [0.15, 0.2) is 48.5 Å². The standard InChI is InChI=1S/C28H32N2O5/c31-26(32)12-17-9-10-18(11-17)14-29-27(33)24-13-19(24)15-30-28(34)35-16-25-22-7-3-1-5-20(22)21-6-2-4-8-23(21)25/h1-8,17-19,24-25H,9-16H2,(H,29,33)(H,30,34)(H,31,32)/t17?,18?,19-,24-/m0/s1. The van der Waals surface area contributed by atoms with E-state index in [1.165, 1.54) is 22.3 Å². The lowest BCUT2D eigenvalue weighted by Gasteiger charge is -2.14. The molecule has 3 N–H and O–H groups in total. The van der Waals surface area contributed by atoms with Crippen LogP contribution in [0, 0.1) is 23.7 Å². The molecule has 35 heavy (non-hydrogen) atoms. The van der Waals surface area contributed by atoms with Crippen molar-refractivity contribution in [3.8, 4) is 11.1 Å². The van der Waals surface area contributed by atoms with Gasteiger partial charge in [-0.1, -0.05) is 48.5 Å². The molecule has 2 aromatic carbocycles. The van der Waals surface area contributed by atoms with E-state index < -0.39 is 12.1 Å². The lowest BCUT2D eigenvalue weighted by Crippen LogP contribution is -2.32. The van der Waals surface area contributed by atoms with Crippen LogP contribution in [0.5, 0.6) is 0 Å². The van der Waals surface area contributed by atoms with Crippen molar-refractivity contribution < 1.29 is 24.2 Å². The first-order valence-electron chi connectivity index (χ1n) is 12.6. The predicted octanol–water partition coefficient (Wildman–Crippen LogP) is 4.17. The highest BCUT2D eigenvalue weighted by atomic mass is 16.5. The van der Waals surface area contributed by atoms with Gasteiger partial charge in [0.2, 0.25) is 5.91 Å². The number of carbonyl (C=O) groups is 3. The van der Waals surface area contributed by atoms with E-state index in [4.69, 9.17) is 9.84 Å². The molecule has 7 heteroatoms. The van der Waals surface area contributed by atoms with Crippen LogP contribution in [0.1, 0.15) is 49.1 Å². The minimum absolute atomic E-state index is 0.0262. The van der Waals surface area contributed by atoms with Gasteiger partial charge in [0, 0.05) is 31.3 Å². The number of alkyl carbamates (subject to hydrolysis) is 1. The highest BCUT2D eigenvalue weighted by molar-refractivity contribution is 5.82. The fraction of sp³-hybridized carbons (Fsp3) is 0.464. The number of carboxylic acids is 1. The van der Waals surface area contributed by atoms with Crippen molar-refractivity contribution in [2.24, 2.45) is 23.7 Å². The monoisotopic (exact) mass is 476 g/mol. The smallest absolute Gasteiger partial charge is 0.407 e. The van der Waals surface area contributed by atoms with Crippen molar-refractivity contribution in [3.05, 3.63) is 59.7 Å². The Labute approximate surface area is 205 Å². The van der Waals surface area contributed by atoms with Crippen molar-refractivity contribution >= 4 is 18.0 Å². The normalized spacial score (nSPS) is 24.3. The first-order valence-corrected chi connectivity index (χ1v) is 12.6. The number of nitrogens with one attached hydrogen (secondary N) is 2. The fourth-order valence-corrected chi connectivity index (χ4v) is 5.83. The topological polar surface area (TPSA) is 105 Å². The second kappa shape index (κ2) is 10.1. The zero-order chi connectivity index (χ0) is 24.4. The molecule has 4 atom stereocenters. The van der Waals surface area contributed by atoms with Crippen molar-refractivity contribution in [2.45, 2.75) is 38.0 Å². The van der Waals surface area contributed by atoms with Crippen LogP contribution in [0.4, 0.5) is 4.79 Å². The number of hydrogen-bond donors (Lipinski definition) is 3. The maximum atomic E-state index is 12.5. The molecule has 3 aliphatic rings. The van der Waals surface area contributed by atoms with Gasteiger partial charge in [0.1, 0.15) is 6.61 Å². The van der Waals surface area contributed by atoms with E-state index in [-0.39, 0.29) is 42.6 Å². The Balaban J connectivity index is 1.02. The number of benzene rings is 2. The summed E-state index contributed by atoms with van der Waals surface area (Å²) >= 11 is 0. The van der Waals surface area contributed by atoms with Crippen molar-refractivity contribution in [1.82, 2.24) is 10.6 Å². The summed E-state index contributed by atoms with van der Waals surface area (Å²) in [5.41, 5.74) is 4.74. The third kappa shape index (κ3) is 5.34. The van der Waals surface area contributed by atoms with Gasteiger partial charge in [0.15, 0.2) is 0 Å². The maximum Gasteiger partial charge on any atom is 0.407 e. The number of amides is 2. The molecule has 0 radical (unpaired) electrons. The molecule has 0 aromatic heterocycles. The second-order valence-corrected chi connectivity index (χ2v) is 10.2. The minimum Gasteiger partial charge on any atom is -0.481 e. The second-order valence-electron chi connectivity index (χ2n) is 10.2. The fourth-order valence-electron chi connectivity index (χ4n) is 5.83. The van der Waals surface area contributed by atoms with Gasteiger partial charge in [-0.3, -0.25) is 9.59 Å². The summed E-state index contributed by atoms with van der Waals surface area (Å²) in [5.74, 6) is -0.0310. The van der Waals surface area contributed by atoms with E-state index in [2.05, 4.69) is 34.9 Å². The highest BCUT2D eigenvalue weighted by Gasteiger charge is 2.43. The molecule has 2 amide bonds. The maximum absolute atomic E-state index is 12.5. The van der Waals surface area contributed by atoms with Gasteiger partial charge in [-0.05, 0) is 65.7 Å². The van der Waals surface area contributed by atoms with E-state index in [0.29, 0.717) is 19.0 Å². The van der Waals surface area contributed by atoms with Crippen LogP contribution in [0.3, 0.4) is 0 Å². The molecule has 7 nitrogen and oxygen atoms in total. The first kappa shape index (κ1) is 23.4. The Kier molecular flexibility index (Phi) is 6.75. The van der Waals surface area contributed by atoms with Gasteiger partial charge >= 0.3 is 12.1 Å². The van der Waals surface area contributed by atoms with Crippen molar-refractivity contribution in [1.29, 1.82) is 0 Å². The third-order valence-electron chi connectivity index (χ3n) is 7.79. The summed E-state index contributed by atoms with van der Waals surface area (Å²) < 4.78 is 5.57. The quantitative estimate of drug-likeness (QED) is 0.504. The number of carbonyl (C=O) groups excluding carboxylic acids is 2. The number of ether oxygens (including phenoxy) is 1. The Morgan fingerprint density at radius 1 is 0.857 bits per heavy atom. The molecular formula is C28H32N2O5. The van der Waals surface area contributed by atoms with Gasteiger partial charge in [0.25, 0.3) is 0 Å². The Hall–Kier alpha value is -3.35. The van der Waals surface area contributed by atoms with Crippen LogP contribution in [-0.2, 0) is 14.3 Å². The van der Waals surface area contributed by atoms with Crippen LogP contribution in [0.25, 0.3) is 11.1 Å². The van der Waals surface area contributed by atoms with E-state index in [0.717, 1.165) is 25.7 Å². The van der Waals surface area contributed by atoms with E-state index in [1.54, 1.807) is 0 Å². The number of fused-ring (bicyclic) bond motifs is 3. The van der Waals surface area contributed by atoms with Gasteiger partial charge in [-0.25, -0.2) is 4.79 Å². The molecule has 2 aromatic rings. The average Bonchev–Trinajstić information content (AvgIpc) is 3.39. The summed E-state index contributed by atoms with van der Waals surface area (Å²) in [7, 11) is 0. The molecule has 0 spiro atoms. The van der Waals surface area contributed by atoms with Crippen LogP contribution >= 0.6 is 0 Å². The zero-order valence-corrected chi connectivity index (χ0v) is 19.7. The Morgan fingerprint density at radius 3 is 2.20 bits per heavy atom. The number of aliphatic carboxylic acids is 1.